The van der Waals surface area contributed by atoms with E-state index in [2.05, 4.69) is 21.2 Å². The van der Waals surface area contributed by atoms with Crippen LogP contribution in [0.3, 0.4) is 0 Å². The highest BCUT2D eigenvalue weighted by Crippen LogP contribution is 2.45. The number of amides is 2. The van der Waals surface area contributed by atoms with E-state index in [-0.39, 0.29) is 12.1 Å². The maximum Gasteiger partial charge on any atom is 0.322 e. The average Bonchev–Trinajstić information content (AvgIpc) is 2.78. The number of anilines is 1. The number of nitrogens with one attached hydrogen (secondary N) is 1. The van der Waals surface area contributed by atoms with Crippen LogP contribution >= 0.6 is 0 Å². The molecule has 4 heterocycles. The predicted molar refractivity (Wildman–Crippen MR) is 115 cm³/mol. The first-order valence-corrected chi connectivity index (χ1v) is 11.7. The van der Waals surface area contributed by atoms with Gasteiger partial charge in [-0.2, -0.15) is 0 Å². The van der Waals surface area contributed by atoms with Crippen molar-refractivity contribution >= 4 is 11.7 Å². The zero-order chi connectivity index (χ0) is 20.1. The fourth-order valence-electron chi connectivity index (χ4n) is 6.52. The number of rotatable bonds is 1. The number of carbonyl (C=O) groups excluding carboxylic acids is 1. The van der Waals surface area contributed by atoms with Crippen molar-refractivity contribution in [3.63, 3.8) is 0 Å². The molecule has 4 aliphatic heterocycles. The molecule has 6 heteroatoms. The summed E-state index contributed by atoms with van der Waals surface area (Å²) in [5, 5.41) is 3.14. The maximum atomic E-state index is 13.3. The number of fused-ring (bicyclic) bond motifs is 7. The maximum absolute atomic E-state index is 13.3. The van der Waals surface area contributed by atoms with Gasteiger partial charge in [0.1, 0.15) is 13.2 Å². The zero-order valence-corrected chi connectivity index (χ0v) is 17.5. The van der Waals surface area contributed by atoms with Gasteiger partial charge in [-0.25, -0.2) is 4.79 Å². The van der Waals surface area contributed by atoms with Crippen molar-refractivity contribution < 1.29 is 14.3 Å². The van der Waals surface area contributed by atoms with Crippen LogP contribution in [0.15, 0.2) is 29.8 Å². The van der Waals surface area contributed by atoms with Gasteiger partial charge in [0.25, 0.3) is 0 Å². The van der Waals surface area contributed by atoms with Crippen molar-refractivity contribution in [2.45, 2.75) is 50.6 Å². The van der Waals surface area contributed by atoms with Crippen LogP contribution in [0.4, 0.5) is 10.5 Å². The van der Waals surface area contributed by atoms with Gasteiger partial charge in [-0.05, 0) is 62.6 Å². The van der Waals surface area contributed by atoms with E-state index in [9.17, 15) is 4.79 Å². The summed E-state index contributed by atoms with van der Waals surface area (Å²) < 4.78 is 11.3. The van der Waals surface area contributed by atoms with E-state index in [1.165, 1.54) is 37.8 Å². The summed E-state index contributed by atoms with van der Waals surface area (Å²) in [6, 6.07) is 6.68. The lowest BCUT2D eigenvalue weighted by Gasteiger charge is -2.54. The molecule has 0 aromatic heterocycles. The first kappa shape index (κ1) is 18.6. The van der Waals surface area contributed by atoms with Crippen LogP contribution < -0.4 is 14.8 Å². The van der Waals surface area contributed by atoms with Gasteiger partial charge in [-0.15, -0.1) is 0 Å². The minimum atomic E-state index is 0.0153. The molecule has 0 radical (unpaired) electrons. The smallest absolute Gasteiger partial charge is 0.322 e. The fraction of sp³-hybridized carbons (Fsp3) is 0.625. The monoisotopic (exact) mass is 409 g/mol. The molecule has 5 aliphatic rings. The van der Waals surface area contributed by atoms with E-state index in [0.29, 0.717) is 30.8 Å². The number of piperidine rings is 3. The Kier molecular flexibility index (Phi) is 4.63. The minimum absolute atomic E-state index is 0.0153. The van der Waals surface area contributed by atoms with Crippen molar-refractivity contribution in [1.29, 1.82) is 0 Å². The van der Waals surface area contributed by atoms with Gasteiger partial charge in [0.05, 0.1) is 6.04 Å². The van der Waals surface area contributed by atoms with Crippen LogP contribution in [0, 0.1) is 11.8 Å². The molecule has 1 N–H and O–H groups in total. The van der Waals surface area contributed by atoms with Crippen LogP contribution in [0.25, 0.3) is 0 Å². The fourth-order valence-corrected chi connectivity index (χ4v) is 6.52. The van der Waals surface area contributed by atoms with Gasteiger partial charge < -0.3 is 19.7 Å². The number of likely N-dealkylation sites (tertiary alicyclic amines) is 1. The molecule has 2 bridgehead atoms. The molecule has 1 aromatic carbocycles. The topological polar surface area (TPSA) is 54.0 Å². The third kappa shape index (κ3) is 3.16. The lowest BCUT2D eigenvalue weighted by atomic mass is 9.68. The molecule has 6 nitrogen and oxygen atoms in total. The number of carbonyl (C=O) groups is 1. The van der Waals surface area contributed by atoms with Crippen LogP contribution in [0.2, 0.25) is 0 Å². The Bertz CT molecular complexity index is 869. The Balaban J connectivity index is 1.23. The highest BCUT2D eigenvalue weighted by atomic mass is 16.6. The lowest BCUT2D eigenvalue weighted by Crippen LogP contribution is -2.60. The number of ether oxygens (including phenoxy) is 2. The van der Waals surface area contributed by atoms with Gasteiger partial charge in [0.2, 0.25) is 0 Å². The second kappa shape index (κ2) is 7.49. The summed E-state index contributed by atoms with van der Waals surface area (Å²) in [6.07, 6.45) is 10.1. The van der Waals surface area contributed by atoms with E-state index in [1.807, 2.05) is 18.2 Å². The largest absolute Gasteiger partial charge is 0.486 e. The van der Waals surface area contributed by atoms with Crippen molar-refractivity contribution in [3.8, 4) is 11.5 Å². The van der Waals surface area contributed by atoms with Gasteiger partial charge in [0, 0.05) is 30.9 Å². The van der Waals surface area contributed by atoms with Crippen LogP contribution in [-0.4, -0.2) is 60.8 Å². The number of urea groups is 1. The molecule has 3 fully saturated rings. The molecule has 0 saturated carbocycles. The minimum Gasteiger partial charge on any atom is -0.486 e. The van der Waals surface area contributed by atoms with Crippen molar-refractivity contribution in [3.05, 3.63) is 29.8 Å². The molecular weight excluding hydrogens is 378 g/mol. The standard InChI is InChI=1S/C24H31N3O3/c28-24(25-19-6-7-21-22(14-19)30-11-10-29-21)27-9-3-4-16-12-17-13-18(23(16)27)15-26-8-2-1-5-20(17)26/h6-7,12,14,17-18,20,23H,1-5,8-11,13,15H2,(H,25,28). The second-order valence-electron chi connectivity index (χ2n) is 9.49. The molecule has 160 valence electrons. The predicted octanol–water partition coefficient (Wildman–Crippen LogP) is 3.88. The quantitative estimate of drug-likeness (QED) is 0.715. The zero-order valence-electron chi connectivity index (χ0n) is 17.5. The van der Waals surface area contributed by atoms with Crippen LogP contribution in [0.1, 0.15) is 38.5 Å². The molecule has 1 aliphatic carbocycles. The first-order chi connectivity index (χ1) is 14.8. The average molecular weight is 410 g/mol. The third-order valence-corrected chi connectivity index (χ3v) is 7.71. The third-order valence-electron chi connectivity index (χ3n) is 7.71. The molecular formula is C24H31N3O3. The van der Waals surface area contributed by atoms with Gasteiger partial charge >= 0.3 is 6.03 Å². The lowest BCUT2D eigenvalue weighted by molar-refractivity contribution is 0.00908. The normalized spacial score (nSPS) is 32.5. The molecule has 4 unspecified atom stereocenters. The molecule has 0 spiro atoms. The molecule has 6 rings (SSSR count). The molecule has 4 atom stereocenters. The number of nitrogens with zero attached hydrogens (tertiary/aromatic N) is 2. The van der Waals surface area contributed by atoms with E-state index in [4.69, 9.17) is 9.47 Å². The summed E-state index contributed by atoms with van der Waals surface area (Å²) >= 11 is 0. The van der Waals surface area contributed by atoms with Crippen molar-refractivity contribution in [1.82, 2.24) is 9.80 Å². The molecule has 3 saturated heterocycles. The Labute approximate surface area is 178 Å². The van der Waals surface area contributed by atoms with Gasteiger partial charge in [0.15, 0.2) is 11.5 Å². The van der Waals surface area contributed by atoms with E-state index < -0.39 is 0 Å². The summed E-state index contributed by atoms with van der Waals surface area (Å²) in [5.41, 5.74) is 2.29. The number of hydrogen-bond donors (Lipinski definition) is 1. The Hall–Kier alpha value is -2.21. The molecule has 1 aromatic rings. The second-order valence-corrected chi connectivity index (χ2v) is 9.49. The van der Waals surface area contributed by atoms with E-state index in [0.717, 1.165) is 43.4 Å². The Morgan fingerprint density at radius 3 is 2.90 bits per heavy atom. The first-order valence-electron chi connectivity index (χ1n) is 11.7. The summed E-state index contributed by atoms with van der Waals surface area (Å²) in [7, 11) is 0. The van der Waals surface area contributed by atoms with Gasteiger partial charge in [-0.1, -0.05) is 18.1 Å². The van der Waals surface area contributed by atoms with Crippen LogP contribution in [0.5, 0.6) is 11.5 Å². The number of benzene rings is 1. The van der Waals surface area contributed by atoms with E-state index >= 15 is 0 Å². The van der Waals surface area contributed by atoms with E-state index in [1.54, 1.807) is 0 Å². The van der Waals surface area contributed by atoms with Crippen molar-refractivity contribution in [2.24, 2.45) is 11.8 Å². The Morgan fingerprint density at radius 1 is 1.07 bits per heavy atom. The van der Waals surface area contributed by atoms with Crippen LogP contribution in [-0.2, 0) is 0 Å². The SMILES string of the molecule is O=C(Nc1ccc2c(c1)OCCO2)N1CCCC2=CC3CC(CN4CCCCC34)C21. The Morgan fingerprint density at radius 2 is 1.97 bits per heavy atom. The van der Waals surface area contributed by atoms with Gasteiger partial charge in [-0.3, -0.25) is 4.90 Å². The van der Waals surface area contributed by atoms with Crippen molar-refractivity contribution in [2.75, 3.05) is 38.2 Å². The highest BCUT2D eigenvalue weighted by Gasteiger charge is 2.46. The molecule has 30 heavy (non-hydrogen) atoms. The summed E-state index contributed by atoms with van der Waals surface area (Å²) in [4.78, 5) is 18.2. The summed E-state index contributed by atoms with van der Waals surface area (Å²) in [6.45, 7) is 4.34. The number of hydrogen-bond acceptors (Lipinski definition) is 4. The molecule has 2 amide bonds. The highest BCUT2D eigenvalue weighted by molar-refractivity contribution is 5.90. The summed E-state index contributed by atoms with van der Waals surface area (Å²) in [5.74, 6) is 2.72.